The van der Waals surface area contributed by atoms with E-state index in [0.29, 0.717) is 18.0 Å². The Kier molecular flexibility index (Phi) is 3.16. The smallest absolute Gasteiger partial charge is 0.254 e. The van der Waals surface area contributed by atoms with Crippen molar-refractivity contribution in [1.29, 1.82) is 0 Å². The molecule has 20 heavy (non-hydrogen) atoms. The molecule has 0 amide bonds. The molecule has 0 atom stereocenters. The zero-order valence-corrected chi connectivity index (χ0v) is 11.0. The molecule has 3 rings (SSSR count). The quantitative estimate of drug-likeness (QED) is 0.792. The summed E-state index contributed by atoms with van der Waals surface area (Å²) in [5.74, 6) is 1.44. The van der Waals surface area contributed by atoms with Crippen molar-refractivity contribution >= 4 is 10.9 Å². The van der Waals surface area contributed by atoms with Crippen molar-refractivity contribution in [3.8, 4) is 11.6 Å². The molecule has 5 heteroatoms. The minimum Gasteiger partial charge on any atom is -0.437 e. The number of hydrogen-bond acceptors (Lipinski definition) is 4. The third kappa shape index (κ3) is 2.51. The van der Waals surface area contributed by atoms with Crippen molar-refractivity contribution in [2.24, 2.45) is 0 Å². The molecule has 0 saturated heterocycles. The summed E-state index contributed by atoms with van der Waals surface area (Å²) in [6.07, 6.45) is 2.26. The number of benzene rings is 1. The van der Waals surface area contributed by atoms with Gasteiger partial charge < -0.3 is 9.72 Å². The predicted octanol–water partition coefficient (Wildman–Crippen LogP) is 2.67. The summed E-state index contributed by atoms with van der Waals surface area (Å²) in [7, 11) is 0. The van der Waals surface area contributed by atoms with Crippen LogP contribution in [0.1, 0.15) is 12.7 Å². The summed E-state index contributed by atoms with van der Waals surface area (Å²) in [6.45, 7) is 1.92. The molecule has 0 radical (unpaired) electrons. The fourth-order valence-electron chi connectivity index (χ4n) is 1.93. The van der Waals surface area contributed by atoms with E-state index in [2.05, 4.69) is 15.0 Å². The lowest BCUT2D eigenvalue weighted by molar-refractivity contribution is 0.456. The first-order valence-corrected chi connectivity index (χ1v) is 6.37. The highest BCUT2D eigenvalue weighted by Crippen LogP contribution is 2.21. The van der Waals surface area contributed by atoms with Crippen LogP contribution in [0.15, 0.2) is 47.4 Å². The Labute approximate surface area is 115 Å². The van der Waals surface area contributed by atoms with Gasteiger partial charge in [-0.3, -0.25) is 9.78 Å². The minimum atomic E-state index is -0.222. The van der Waals surface area contributed by atoms with Crippen LogP contribution in [0.2, 0.25) is 0 Å². The Morgan fingerprint density at radius 2 is 2.10 bits per heavy atom. The monoisotopic (exact) mass is 267 g/mol. The van der Waals surface area contributed by atoms with Crippen LogP contribution in [-0.4, -0.2) is 15.0 Å². The second-order valence-electron chi connectivity index (χ2n) is 4.35. The maximum atomic E-state index is 11.5. The van der Waals surface area contributed by atoms with Crippen LogP contribution in [0.3, 0.4) is 0 Å². The lowest BCUT2D eigenvalue weighted by Gasteiger charge is -2.06. The number of nitrogens with one attached hydrogen (secondary N) is 1. The summed E-state index contributed by atoms with van der Waals surface area (Å²) in [6, 6.07) is 11.0. The van der Waals surface area contributed by atoms with Gasteiger partial charge in [0.2, 0.25) is 5.88 Å². The van der Waals surface area contributed by atoms with E-state index >= 15 is 0 Å². The van der Waals surface area contributed by atoms with E-state index in [-0.39, 0.29) is 11.4 Å². The molecule has 1 N–H and O–H groups in total. The first kappa shape index (κ1) is 12.3. The second kappa shape index (κ2) is 5.13. The average Bonchev–Trinajstić information content (AvgIpc) is 2.46. The maximum Gasteiger partial charge on any atom is 0.254 e. The van der Waals surface area contributed by atoms with Crippen LogP contribution in [0.4, 0.5) is 0 Å². The van der Waals surface area contributed by atoms with Gasteiger partial charge in [0.1, 0.15) is 11.6 Å². The molecule has 0 saturated carbocycles. The molecule has 0 bridgehead atoms. The third-order valence-electron chi connectivity index (χ3n) is 2.89. The van der Waals surface area contributed by atoms with Crippen LogP contribution < -0.4 is 10.3 Å². The zero-order chi connectivity index (χ0) is 13.9. The van der Waals surface area contributed by atoms with Gasteiger partial charge in [0.05, 0.1) is 17.8 Å². The summed E-state index contributed by atoms with van der Waals surface area (Å²) in [5.41, 5.74) is 0.675. The molecule has 5 nitrogen and oxygen atoms in total. The molecule has 2 heterocycles. The minimum absolute atomic E-state index is 0.222. The van der Waals surface area contributed by atoms with Gasteiger partial charge in [-0.2, -0.15) is 4.98 Å². The van der Waals surface area contributed by atoms with E-state index in [4.69, 9.17) is 4.74 Å². The van der Waals surface area contributed by atoms with Crippen molar-refractivity contribution in [3.05, 3.63) is 58.8 Å². The van der Waals surface area contributed by atoms with E-state index in [1.807, 2.05) is 37.3 Å². The molecule has 0 aliphatic carbocycles. The first-order chi connectivity index (χ1) is 9.74. The number of aromatic amines is 1. The van der Waals surface area contributed by atoms with E-state index in [0.717, 1.165) is 10.9 Å². The van der Waals surface area contributed by atoms with Crippen LogP contribution >= 0.6 is 0 Å². The molecule has 1 aromatic carbocycles. The number of H-pyrrole nitrogens is 1. The largest absolute Gasteiger partial charge is 0.437 e. The topological polar surface area (TPSA) is 67.9 Å². The van der Waals surface area contributed by atoms with Crippen LogP contribution in [-0.2, 0) is 6.42 Å². The molecular weight excluding hydrogens is 254 g/mol. The molecular formula is C15H13N3O2. The van der Waals surface area contributed by atoms with E-state index in [1.54, 1.807) is 6.20 Å². The van der Waals surface area contributed by atoms with Crippen molar-refractivity contribution < 1.29 is 4.74 Å². The standard InChI is InChI=1S/C15H13N3O2/c1-2-13-17-14(19)8-15(18-13)20-11-7-10-5-3-4-6-12(10)16-9-11/h3-9H,2H2,1H3,(H,17,18,19). The van der Waals surface area contributed by atoms with Gasteiger partial charge in [0.25, 0.3) is 5.56 Å². The van der Waals surface area contributed by atoms with Crippen molar-refractivity contribution in [2.45, 2.75) is 13.3 Å². The number of aromatic nitrogens is 3. The highest BCUT2D eigenvalue weighted by atomic mass is 16.5. The van der Waals surface area contributed by atoms with E-state index in [9.17, 15) is 4.79 Å². The van der Waals surface area contributed by atoms with E-state index in [1.165, 1.54) is 6.07 Å². The number of para-hydroxylation sites is 1. The number of hydrogen-bond donors (Lipinski definition) is 1. The lowest BCUT2D eigenvalue weighted by atomic mass is 10.2. The molecule has 0 spiro atoms. The summed E-state index contributed by atoms with van der Waals surface area (Å²) in [4.78, 5) is 22.7. The second-order valence-corrected chi connectivity index (χ2v) is 4.35. The number of rotatable bonds is 3. The van der Waals surface area contributed by atoms with Crippen molar-refractivity contribution in [1.82, 2.24) is 15.0 Å². The molecule has 0 aliphatic rings. The van der Waals surface area contributed by atoms with Gasteiger partial charge in [-0.1, -0.05) is 25.1 Å². The molecule has 100 valence electrons. The van der Waals surface area contributed by atoms with E-state index < -0.39 is 0 Å². The number of pyridine rings is 1. The molecule has 0 unspecified atom stereocenters. The predicted molar refractivity (Wildman–Crippen MR) is 76.1 cm³/mol. The van der Waals surface area contributed by atoms with Crippen LogP contribution in [0, 0.1) is 0 Å². The maximum absolute atomic E-state index is 11.5. The highest BCUT2D eigenvalue weighted by molar-refractivity contribution is 5.79. The average molecular weight is 267 g/mol. The third-order valence-corrected chi connectivity index (χ3v) is 2.89. The molecule has 0 fully saturated rings. The van der Waals surface area contributed by atoms with Crippen molar-refractivity contribution in [3.63, 3.8) is 0 Å². The van der Waals surface area contributed by atoms with Gasteiger partial charge in [0.15, 0.2) is 0 Å². The first-order valence-electron chi connectivity index (χ1n) is 6.37. The number of aryl methyl sites for hydroxylation is 1. The fraction of sp³-hybridized carbons (Fsp3) is 0.133. The van der Waals surface area contributed by atoms with Crippen molar-refractivity contribution in [2.75, 3.05) is 0 Å². The van der Waals surface area contributed by atoms with Gasteiger partial charge >= 0.3 is 0 Å². The van der Waals surface area contributed by atoms with Gasteiger partial charge in [0, 0.05) is 11.8 Å². The Balaban J connectivity index is 1.96. The van der Waals surface area contributed by atoms with Crippen LogP contribution in [0.5, 0.6) is 11.6 Å². The summed E-state index contributed by atoms with van der Waals surface area (Å²) >= 11 is 0. The Bertz CT molecular complexity index is 811. The molecule has 3 aromatic rings. The highest BCUT2D eigenvalue weighted by Gasteiger charge is 2.04. The normalized spacial score (nSPS) is 10.7. The summed E-state index contributed by atoms with van der Waals surface area (Å²) < 4.78 is 5.62. The van der Waals surface area contributed by atoms with Crippen LogP contribution in [0.25, 0.3) is 10.9 Å². The Morgan fingerprint density at radius 1 is 1.25 bits per heavy atom. The number of nitrogens with zero attached hydrogens (tertiary/aromatic N) is 2. The SMILES string of the molecule is CCc1nc(Oc2cnc3ccccc3c2)cc(=O)[nH]1. The fourth-order valence-corrected chi connectivity index (χ4v) is 1.93. The van der Waals surface area contributed by atoms with Gasteiger partial charge in [-0.15, -0.1) is 0 Å². The molecule has 2 aromatic heterocycles. The van der Waals surface area contributed by atoms with Gasteiger partial charge in [-0.05, 0) is 12.1 Å². The summed E-state index contributed by atoms with van der Waals surface area (Å²) in [5, 5.41) is 0.977. The van der Waals surface area contributed by atoms with Gasteiger partial charge in [-0.25, -0.2) is 0 Å². The number of ether oxygens (including phenoxy) is 1. The Hall–Kier alpha value is -2.69. The Morgan fingerprint density at radius 3 is 2.95 bits per heavy atom. The molecule has 0 aliphatic heterocycles. The number of fused-ring (bicyclic) bond motifs is 1. The zero-order valence-electron chi connectivity index (χ0n) is 11.0. The lowest BCUT2D eigenvalue weighted by Crippen LogP contribution is -2.10.